The quantitative estimate of drug-likeness (QED) is 0.688. The summed E-state index contributed by atoms with van der Waals surface area (Å²) in [6.07, 6.45) is 6.05. The van der Waals surface area contributed by atoms with E-state index < -0.39 is 0 Å². The second kappa shape index (κ2) is 9.15. The number of carbonyl (C=O) groups is 3. The largest absolute Gasteiger partial charge is 0.354 e. The molecule has 1 saturated heterocycles. The molecule has 1 aliphatic carbocycles. The molecule has 7 heteroatoms. The van der Waals surface area contributed by atoms with Gasteiger partial charge in [0.25, 0.3) is 0 Å². The van der Waals surface area contributed by atoms with E-state index in [1.807, 2.05) is 11.8 Å². The monoisotopic (exact) mass is 341 g/mol. The minimum absolute atomic E-state index is 0.0196. The van der Waals surface area contributed by atoms with Crippen molar-refractivity contribution in [2.45, 2.75) is 57.5 Å². The predicted molar refractivity (Wildman–Crippen MR) is 91.1 cm³/mol. The highest BCUT2D eigenvalue weighted by molar-refractivity contribution is 8.00. The summed E-state index contributed by atoms with van der Waals surface area (Å²) in [6, 6.07) is 0.602. The van der Waals surface area contributed by atoms with E-state index in [4.69, 9.17) is 0 Å². The highest BCUT2D eigenvalue weighted by atomic mass is 32.2. The molecule has 0 aromatic heterocycles. The Morgan fingerprint density at radius 1 is 1.17 bits per heavy atom. The summed E-state index contributed by atoms with van der Waals surface area (Å²) in [4.78, 5) is 36.9. The van der Waals surface area contributed by atoms with Gasteiger partial charge in [0.2, 0.25) is 17.7 Å². The first-order valence-corrected chi connectivity index (χ1v) is 9.65. The zero-order valence-corrected chi connectivity index (χ0v) is 14.6. The molecule has 6 nitrogen and oxygen atoms in total. The molecule has 1 aliphatic heterocycles. The van der Waals surface area contributed by atoms with Crippen molar-refractivity contribution in [3.8, 4) is 0 Å². The van der Waals surface area contributed by atoms with Crippen LogP contribution in [-0.2, 0) is 14.4 Å². The van der Waals surface area contributed by atoms with E-state index in [-0.39, 0.29) is 29.5 Å². The van der Waals surface area contributed by atoms with Gasteiger partial charge in [-0.15, -0.1) is 11.8 Å². The molecule has 2 aliphatic rings. The van der Waals surface area contributed by atoms with Gasteiger partial charge in [-0.2, -0.15) is 0 Å². The average Bonchev–Trinajstić information content (AvgIpc) is 3.11. The normalized spacial score (nSPS) is 21.7. The maximum absolute atomic E-state index is 11.7. The smallest absolute Gasteiger partial charge is 0.230 e. The Labute approximate surface area is 142 Å². The number of thioether (sulfide) groups is 1. The van der Waals surface area contributed by atoms with Gasteiger partial charge in [-0.25, -0.2) is 0 Å². The van der Waals surface area contributed by atoms with Gasteiger partial charge < -0.3 is 15.5 Å². The molecule has 0 aromatic rings. The molecule has 1 heterocycles. The molecule has 23 heavy (non-hydrogen) atoms. The van der Waals surface area contributed by atoms with Crippen LogP contribution in [0, 0.1) is 0 Å². The number of hydrogen-bond acceptors (Lipinski definition) is 4. The summed E-state index contributed by atoms with van der Waals surface area (Å²) in [5.41, 5.74) is 0. The molecule has 130 valence electrons. The van der Waals surface area contributed by atoms with Gasteiger partial charge >= 0.3 is 0 Å². The number of likely N-dealkylation sites (tertiary alicyclic amines) is 1. The number of rotatable bonds is 8. The molecule has 0 radical (unpaired) electrons. The summed E-state index contributed by atoms with van der Waals surface area (Å²) < 4.78 is 0. The lowest BCUT2D eigenvalue weighted by atomic mass is 10.2. The Morgan fingerprint density at radius 2 is 1.87 bits per heavy atom. The van der Waals surface area contributed by atoms with E-state index in [1.54, 1.807) is 0 Å². The zero-order chi connectivity index (χ0) is 16.7. The minimum Gasteiger partial charge on any atom is -0.354 e. The third-order valence-electron chi connectivity index (χ3n) is 4.49. The van der Waals surface area contributed by atoms with Crippen LogP contribution in [0.15, 0.2) is 0 Å². The number of nitrogens with one attached hydrogen (secondary N) is 2. The van der Waals surface area contributed by atoms with Crippen LogP contribution in [0.25, 0.3) is 0 Å². The van der Waals surface area contributed by atoms with Crippen molar-refractivity contribution in [1.29, 1.82) is 0 Å². The Kier molecular flexibility index (Phi) is 7.20. The first-order valence-electron chi connectivity index (χ1n) is 8.49. The van der Waals surface area contributed by atoms with Gasteiger partial charge in [0, 0.05) is 31.6 Å². The van der Waals surface area contributed by atoms with E-state index in [0.29, 0.717) is 31.3 Å². The Morgan fingerprint density at radius 3 is 2.52 bits per heavy atom. The first kappa shape index (κ1) is 18.1. The predicted octanol–water partition coefficient (Wildman–Crippen LogP) is 0.905. The Balaban J connectivity index is 1.51. The lowest BCUT2D eigenvalue weighted by molar-refractivity contribution is -0.129. The molecule has 2 rings (SSSR count). The van der Waals surface area contributed by atoms with Crippen LogP contribution < -0.4 is 10.6 Å². The topological polar surface area (TPSA) is 78.5 Å². The summed E-state index contributed by atoms with van der Waals surface area (Å²) in [5, 5.41) is 5.82. The van der Waals surface area contributed by atoms with Crippen LogP contribution in [0.1, 0.15) is 45.4 Å². The molecule has 0 bridgehead atoms. The number of amides is 3. The fraction of sp³-hybridized carbons (Fsp3) is 0.812. The van der Waals surface area contributed by atoms with Crippen molar-refractivity contribution < 1.29 is 14.4 Å². The molecule has 3 amide bonds. The standard InChI is InChI=1S/C16H27N3O3S/c1-12-6-7-16(22)19(12)9-8-17-14(20)10-23-11-15(21)18-13-4-2-3-5-13/h12-13H,2-11H2,1H3,(H,17,20)(H,18,21)/t12-/m0/s1. The fourth-order valence-corrected chi connectivity index (χ4v) is 3.82. The van der Waals surface area contributed by atoms with E-state index in [0.717, 1.165) is 19.3 Å². The maximum Gasteiger partial charge on any atom is 0.230 e. The van der Waals surface area contributed by atoms with Gasteiger partial charge in [0.05, 0.1) is 11.5 Å². The van der Waals surface area contributed by atoms with Gasteiger partial charge in [0.15, 0.2) is 0 Å². The third kappa shape index (κ3) is 6.05. The third-order valence-corrected chi connectivity index (χ3v) is 5.42. The van der Waals surface area contributed by atoms with Crippen LogP contribution in [-0.4, -0.2) is 59.3 Å². The van der Waals surface area contributed by atoms with E-state index in [1.165, 1.54) is 24.6 Å². The van der Waals surface area contributed by atoms with E-state index in [9.17, 15) is 14.4 Å². The van der Waals surface area contributed by atoms with E-state index in [2.05, 4.69) is 10.6 Å². The van der Waals surface area contributed by atoms with Gasteiger partial charge in [-0.3, -0.25) is 14.4 Å². The molecule has 0 unspecified atom stereocenters. The van der Waals surface area contributed by atoms with Crippen LogP contribution in [0.3, 0.4) is 0 Å². The molecule has 2 N–H and O–H groups in total. The number of carbonyl (C=O) groups excluding carboxylic acids is 3. The van der Waals surface area contributed by atoms with Crippen molar-refractivity contribution in [2.75, 3.05) is 24.6 Å². The molecule has 1 saturated carbocycles. The average molecular weight is 341 g/mol. The second-order valence-electron chi connectivity index (χ2n) is 6.37. The lowest BCUT2D eigenvalue weighted by Crippen LogP contribution is -2.39. The van der Waals surface area contributed by atoms with Crippen LogP contribution in [0.5, 0.6) is 0 Å². The zero-order valence-electron chi connectivity index (χ0n) is 13.8. The second-order valence-corrected chi connectivity index (χ2v) is 7.35. The Bertz CT molecular complexity index is 438. The summed E-state index contributed by atoms with van der Waals surface area (Å²) in [5.74, 6) is 0.714. The molecule has 0 aromatic carbocycles. The number of hydrogen-bond donors (Lipinski definition) is 2. The van der Waals surface area contributed by atoms with Crippen molar-refractivity contribution in [2.24, 2.45) is 0 Å². The fourth-order valence-electron chi connectivity index (χ4n) is 3.17. The molecule has 2 fully saturated rings. The SMILES string of the molecule is C[C@H]1CCC(=O)N1CCNC(=O)CSCC(=O)NC1CCCC1. The highest BCUT2D eigenvalue weighted by Gasteiger charge is 2.26. The summed E-state index contributed by atoms with van der Waals surface area (Å²) in [6.45, 7) is 3.08. The van der Waals surface area contributed by atoms with Crippen LogP contribution in [0.2, 0.25) is 0 Å². The van der Waals surface area contributed by atoms with Gasteiger partial charge in [-0.1, -0.05) is 12.8 Å². The molecular formula is C16H27N3O3S. The van der Waals surface area contributed by atoms with Gasteiger partial charge in [0.1, 0.15) is 0 Å². The molecular weight excluding hydrogens is 314 g/mol. The summed E-state index contributed by atoms with van der Waals surface area (Å²) >= 11 is 1.33. The summed E-state index contributed by atoms with van der Waals surface area (Å²) in [7, 11) is 0. The highest BCUT2D eigenvalue weighted by Crippen LogP contribution is 2.18. The van der Waals surface area contributed by atoms with Crippen LogP contribution in [0.4, 0.5) is 0 Å². The minimum atomic E-state index is -0.0806. The van der Waals surface area contributed by atoms with E-state index >= 15 is 0 Å². The number of nitrogens with zero attached hydrogens (tertiary/aromatic N) is 1. The van der Waals surface area contributed by atoms with Gasteiger partial charge in [-0.05, 0) is 26.2 Å². The lowest BCUT2D eigenvalue weighted by Gasteiger charge is -2.21. The maximum atomic E-state index is 11.7. The van der Waals surface area contributed by atoms with Crippen molar-refractivity contribution in [3.05, 3.63) is 0 Å². The van der Waals surface area contributed by atoms with Crippen molar-refractivity contribution in [3.63, 3.8) is 0 Å². The Hall–Kier alpha value is -1.24. The first-order chi connectivity index (χ1) is 11.1. The van der Waals surface area contributed by atoms with Crippen molar-refractivity contribution >= 4 is 29.5 Å². The molecule has 0 spiro atoms. The van der Waals surface area contributed by atoms with Crippen LogP contribution >= 0.6 is 11.8 Å². The molecule has 1 atom stereocenters. The van der Waals surface area contributed by atoms with Crippen molar-refractivity contribution in [1.82, 2.24) is 15.5 Å².